The SMILES string of the molecule is Cc1scc(CNC(=O)C(C)N2C(=O)c3ccccc3C2=O)c1C. The minimum absolute atomic E-state index is 0.340. The zero-order valence-corrected chi connectivity index (χ0v) is 14.6. The highest BCUT2D eigenvalue weighted by Crippen LogP contribution is 2.25. The molecule has 1 aliphatic rings. The third kappa shape index (κ3) is 2.63. The maximum atomic E-state index is 12.4. The fourth-order valence-electron chi connectivity index (χ4n) is 2.74. The number of hydrogen-bond donors (Lipinski definition) is 1. The summed E-state index contributed by atoms with van der Waals surface area (Å²) in [4.78, 5) is 39.5. The number of aryl methyl sites for hydroxylation is 1. The number of rotatable bonds is 4. The first-order chi connectivity index (χ1) is 11.4. The van der Waals surface area contributed by atoms with Crippen LogP contribution in [0.5, 0.6) is 0 Å². The second-order valence-corrected chi connectivity index (χ2v) is 6.95. The third-order valence-electron chi connectivity index (χ3n) is 4.43. The predicted molar refractivity (Wildman–Crippen MR) is 92.0 cm³/mol. The average molecular weight is 342 g/mol. The lowest BCUT2D eigenvalue weighted by atomic mass is 10.1. The minimum Gasteiger partial charge on any atom is -0.350 e. The van der Waals surface area contributed by atoms with E-state index in [-0.39, 0.29) is 5.91 Å². The van der Waals surface area contributed by atoms with Crippen molar-refractivity contribution >= 4 is 29.1 Å². The van der Waals surface area contributed by atoms with Gasteiger partial charge in [-0.2, -0.15) is 0 Å². The molecule has 1 aliphatic heterocycles. The molecule has 0 aliphatic carbocycles. The highest BCUT2D eigenvalue weighted by atomic mass is 32.1. The highest BCUT2D eigenvalue weighted by molar-refractivity contribution is 7.10. The summed E-state index contributed by atoms with van der Waals surface area (Å²) in [5, 5.41) is 4.83. The van der Waals surface area contributed by atoms with E-state index in [1.54, 1.807) is 42.5 Å². The molecule has 24 heavy (non-hydrogen) atoms. The molecule has 0 radical (unpaired) electrons. The Morgan fingerprint density at radius 2 is 1.75 bits per heavy atom. The van der Waals surface area contributed by atoms with E-state index in [0.717, 1.165) is 16.0 Å². The molecule has 0 saturated carbocycles. The fourth-order valence-corrected chi connectivity index (χ4v) is 3.63. The van der Waals surface area contributed by atoms with Gasteiger partial charge in [-0.05, 0) is 49.4 Å². The quantitative estimate of drug-likeness (QED) is 0.869. The average Bonchev–Trinajstić information content (AvgIpc) is 3.03. The predicted octanol–water partition coefficient (Wildman–Crippen LogP) is 2.67. The smallest absolute Gasteiger partial charge is 0.262 e. The Morgan fingerprint density at radius 1 is 1.17 bits per heavy atom. The number of imide groups is 1. The number of thiophene rings is 1. The molecule has 1 N–H and O–H groups in total. The molecule has 1 aromatic heterocycles. The molecule has 1 unspecified atom stereocenters. The van der Waals surface area contributed by atoms with E-state index >= 15 is 0 Å². The third-order valence-corrected chi connectivity index (χ3v) is 5.50. The molecule has 124 valence electrons. The number of hydrogen-bond acceptors (Lipinski definition) is 4. The van der Waals surface area contributed by atoms with Gasteiger partial charge < -0.3 is 5.32 Å². The number of fused-ring (bicyclic) bond motifs is 1. The summed E-state index contributed by atoms with van der Waals surface area (Å²) in [6.07, 6.45) is 0. The normalized spacial score (nSPS) is 14.7. The summed E-state index contributed by atoms with van der Waals surface area (Å²) < 4.78 is 0. The van der Waals surface area contributed by atoms with E-state index in [1.807, 2.05) is 19.2 Å². The maximum Gasteiger partial charge on any atom is 0.262 e. The zero-order valence-electron chi connectivity index (χ0n) is 13.8. The van der Waals surface area contributed by atoms with Crippen LogP contribution in [0.3, 0.4) is 0 Å². The van der Waals surface area contributed by atoms with Gasteiger partial charge in [-0.25, -0.2) is 0 Å². The Hall–Kier alpha value is -2.47. The van der Waals surface area contributed by atoms with Gasteiger partial charge in [0.25, 0.3) is 11.8 Å². The lowest BCUT2D eigenvalue weighted by molar-refractivity contribution is -0.124. The maximum absolute atomic E-state index is 12.4. The van der Waals surface area contributed by atoms with Crippen LogP contribution in [-0.2, 0) is 11.3 Å². The summed E-state index contributed by atoms with van der Waals surface area (Å²) in [7, 11) is 0. The number of amides is 3. The van der Waals surface area contributed by atoms with Crippen LogP contribution in [0.15, 0.2) is 29.6 Å². The number of nitrogens with zero attached hydrogens (tertiary/aromatic N) is 1. The molecule has 2 aromatic rings. The van der Waals surface area contributed by atoms with Crippen molar-refractivity contribution in [2.24, 2.45) is 0 Å². The summed E-state index contributed by atoms with van der Waals surface area (Å²) >= 11 is 1.64. The molecule has 2 heterocycles. The first kappa shape index (κ1) is 16.4. The number of carbonyl (C=O) groups excluding carboxylic acids is 3. The minimum atomic E-state index is -0.850. The molecule has 3 rings (SSSR count). The van der Waals surface area contributed by atoms with Gasteiger partial charge >= 0.3 is 0 Å². The van der Waals surface area contributed by atoms with Crippen LogP contribution in [0.25, 0.3) is 0 Å². The van der Waals surface area contributed by atoms with Crippen molar-refractivity contribution in [3.05, 3.63) is 56.8 Å². The molecule has 0 saturated heterocycles. The zero-order chi connectivity index (χ0) is 17.4. The molecular weight excluding hydrogens is 324 g/mol. The summed E-state index contributed by atoms with van der Waals surface area (Å²) in [5.74, 6) is -1.17. The van der Waals surface area contributed by atoms with E-state index in [0.29, 0.717) is 17.7 Å². The largest absolute Gasteiger partial charge is 0.350 e. The van der Waals surface area contributed by atoms with Gasteiger partial charge in [-0.3, -0.25) is 19.3 Å². The van der Waals surface area contributed by atoms with Gasteiger partial charge in [0.15, 0.2) is 0 Å². The molecule has 0 spiro atoms. The van der Waals surface area contributed by atoms with E-state index < -0.39 is 17.9 Å². The molecule has 0 bridgehead atoms. The van der Waals surface area contributed by atoms with Crippen molar-refractivity contribution in [1.82, 2.24) is 10.2 Å². The number of benzene rings is 1. The van der Waals surface area contributed by atoms with Crippen molar-refractivity contribution in [2.75, 3.05) is 0 Å². The van der Waals surface area contributed by atoms with E-state index in [9.17, 15) is 14.4 Å². The van der Waals surface area contributed by atoms with Crippen LogP contribution >= 0.6 is 11.3 Å². The molecule has 1 atom stereocenters. The topological polar surface area (TPSA) is 66.5 Å². The Bertz CT molecular complexity index is 806. The lowest BCUT2D eigenvalue weighted by Gasteiger charge is -2.21. The van der Waals surface area contributed by atoms with Gasteiger partial charge in [0.05, 0.1) is 11.1 Å². The van der Waals surface area contributed by atoms with E-state index in [1.165, 1.54) is 4.88 Å². The summed E-state index contributed by atoms with van der Waals surface area (Å²) in [5.41, 5.74) is 2.92. The monoisotopic (exact) mass is 342 g/mol. The Balaban J connectivity index is 1.72. The first-order valence-electron chi connectivity index (χ1n) is 7.70. The van der Waals surface area contributed by atoms with Crippen molar-refractivity contribution in [3.63, 3.8) is 0 Å². The Kier molecular flexibility index (Phi) is 4.24. The second kappa shape index (κ2) is 6.20. The first-order valence-corrected chi connectivity index (χ1v) is 8.58. The number of carbonyl (C=O) groups is 3. The van der Waals surface area contributed by atoms with Crippen molar-refractivity contribution < 1.29 is 14.4 Å². The number of nitrogens with one attached hydrogen (secondary N) is 1. The fraction of sp³-hybridized carbons (Fsp3) is 0.278. The van der Waals surface area contributed by atoms with Gasteiger partial charge in [0.2, 0.25) is 5.91 Å². The second-order valence-electron chi connectivity index (χ2n) is 5.86. The highest BCUT2D eigenvalue weighted by Gasteiger charge is 2.40. The van der Waals surface area contributed by atoms with Crippen LogP contribution in [0, 0.1) is 13.8 Å². The molecule has 6 heteroatoms. The van der Waals surface area contributed by atoms with Gasteiger partial charge in [-0.1, -0.05) is 12.1 Å². The Labute approximate surface area is 144 Å². The van der Waals surface area contributed by atoms with Crippen LogP contribution in [0.4, 0.5) is 0 Å². The molecule has 1 aromatic carbocycles. The summed E-state index contributed by atoms with van der Waals surface area (Å²) in [6, 6.07) is 5.78. The summed E-state index contributed by atoms with van der Waals surface area (Å²) in [6.45, 7) is 6.01. The van der Waals surface area contributed by atoms with Crippen LogP contribution < -0.4 is 5.32 Å². The molecule has 3 amide bonds. The Morgan fingerprint density at radius 3 is 2.25 bits per heavy atom. The molecular formula is C18H18N2O3S. The standard InChI is InChI=1S/C18H18N2O3S/c1-10-12(3)24-9-13(10)8-19-16(21)11(2)20-17(22)14-6-4-5-7-15(14)18(20)23/h4-7,9,11H,8H2,1-3H3,(H,19,21). The van der Waals surface area contributed by atoms with Gasteiger partial charge in [0.1, 0.15) is 6.04 Å². The van der Waals surface area contributed by atoms with Crippen molar-refractivity contribution in [1.29, 1.82) is 0 Å². The van der Waals surface area contributed by atoms with E-state index in [2.05, 4.69) is 5.32 Å². The van der Waals surface area contributed by atoms with Crippen molar-refractivity contribution in [2.45, 2.75) is 33.4 Å². The van der Waals surface area contributed by atoms with Gasteiger partial charge in [-0.15, -0.1) is 11.3 Å². The van der Waals surface area contributed by atoms with Crippen LogP contribution in [0.1, 0.15) is 43.6 Å². The molecule has 5 nitrogen and oxygen atoms in total. The van der Waals surface area contributed by atoms with Crippen molar-refractivity contribution in [3.8, 4) is 0 Å². The van der Waals surface area contributed by atoms with Crippen LogP contribution in [0.2, 0.25) is 0 Å². The van der Waals surface area contributed by atoms with E-state index in [4.69, 9.17) is 0 Å². The lowest BCUT2D eigenvalue weighted by Crippen LogP contribution is -2.47. The molecule has 0 fully saturated rings. The van der Waals surface area contributed by atoms with Gasteiger partial charge in [0, 0.05) is 11.4 Å². The van der Waals surface area contributed by atoms with Crippen LogP contribution in [-0.4, -0.2) is 28.7 Å².